The number of aromatic nitrogens is 3. The van der Waals surface area contributed by atoms with Crippen LogP contribution in [0.25, 0.3) is 22.2 Å². The molecule has 2 aromatic carbocycles. The van der Waals surface area contributed by atoms with E-state index in [0.717, 1.165) is 62.6 Å². The number of aryl methyl sites for hydroxylation is 4. The molecule has 2 aromatic heterocycles. The number of rotatable bonds is 8. The maximum atomic E-state index is 6.31. The summed E-state index contributed by atoms with van der Waals surface area (Å²) in [5.41, 5.74) is 9.58. The summed E-state index contributed by atoms with van der Waals surface area (Å²) in [5.74, 6) is 2.18. The first-order valence-corrected chi connectivity index (χ1v) is 12.2. The molecule has 0 radical (unpaired) electrons. The summed E-state index contributed by atoms with van der Waals surface area (Å²) < 4.78 is 12.4. The summed E-state index contributed by atoms with van der Waals surface area (Å²) in [7, 11) is 0. The number of H-pyrrole nitrogens is 1. The molecule has 0 saturated carbocycles. The average molecular weight is 458 g/mol. The number of fused-ring (bicyclic) bond motifs is 1. The van der Waals surface area contributed by atoms with Crippen molar-refractivity contribution < 1.29 is 9.47 Å². The molecule has 0 atom stereocenters. The Morgan fingerprint density at radius 3 is 2.44 bits per heavy atom. The highest BCUT2D eigenvalue weighted by molar-refractivity contribution is 5.97. The predicted molar refractivity (Wildman–Crippen MR) is 139 cm³/mol. The zero-order valence-corrected chi connectivity index (χ0v) is 21.4. The highest BCUT2D eigenvalue weighted by Gasteiger charge is 2.19. The van der Waals surface area contributed by atoms with Gasteiger partial charge in [0.1, 0.15) is 18.1 Å². The molecule has 2 heterocycles. The Morgan fingerprint density at radius 2 is 1.74 bits per heavy atom. The van der Waals surface area contributed by atoms with Gasteiger partial charge in [0.05, 0.1) is 23.4 Å². The molecule has 34 heavy (non-hydrogen) atoms. The molecule has 0 aliphatic heterocycles. The van der Waals surface area contributed by atoms with Gasteiger partial charge in [-0.25, -0.2) is 0 Å². The number of nitrogens with one attached hydrogen (secondary N) is 1. The Kier molecular flexibility index (Phi) is 6.92. The smallest absolute Gasteiger partial charge is 0.129 e. The van der Waals surface area contributed by atoms with Crippen LogP contribution < -0.4 is 9.47 Å². The molecule has 0 aliphatic carbocycles. The minimum absolute atomic E-state index is 0.409. The van der Waals surface area contributed by atoms with Crippen LogP contribution in [0.4, 0.5) is 0 Å². The van der Waals surface area contributed by atoms with E-state index in [-0.39, 0.29) is 0 Å². The maximum Gasteiger partial charge on any atom is 0.129 e. The van der Waals surface area contributed by atoms with Gasteiger partial charge in [0.2, 0.25) is 0 Å². The molecule has 0 spiro atoms. The van der Waals surface area contributed by atoms with Crippen LogP contribution in [-0.4, -0.2) is 21.8 Å². The first-order valence-electron chi connectivity index (χ1n) is 12.2. The molecular weight excluding hydrogens is 422 g/mol. The van der Waals surface area contributed by atoms with Gasteiger partial charge in [0, 0.05) is 28.4 Å². The Hall–Kier alpha value is -3.34. The van der Waals surface area contributed by atoms with E-state index in [4.69, 9.17) is 14.5 Å². The molecule has 0 unspecified atom stereocenters. The molecule has 5 nitrogen and oxygen atoms in total. The fraction of sp³-hybridized carbons (Fsp3) is 0.379. The number of aromatic amines is 1. The van der Waals surface area contributed by atoms with Crippen LogP contribution in [0.1, 0.15) is 67.3 Å². The summed E-state index contributed by atoms with van der Waals surface area (Å²) in [6.07, 6.45) is 0.914. The van der Waals surface area contributed by atoms with Gasteiger partial charge in [-0.2, -0.15) is 5.10 Å². The average Bonchev–Trinajstić information content (AvgIpc) is 3.19. The van der Waals surface area contributed by atoms with Crippen molar-refractivity contribution in [2.45, 2.75) is 67.4 Å². The maximum absolute atomic E-state index is 6.31. The van der Waals surface area contributed by atoms with E-state index in [1.807, 2.05) is 13.8 Å². The Balaban J connectivity index is 1.77. The Morgan fingerprint density at radius 1 is 0.941 bits per heavy atom. The van der Waals surface area contributed by atoms with Gasteiger partial charge in [-0.15, -0.1) is 0 Å². The number of hydrogen-bond donors (Lipinski definition) is 1. The van der Waals surface area contributed by atoms with Crippen molar-refractivity contribution in [1.29, 1.82) is 0 Å². The third-order valence-corrected chi connectivity index (χ3v) is 6.47. The quantitative estimate of drug-likeness (QED) is 0.304. The molecule has 0 amide bonds. The normalized spacial score (nSPS) is 11.4. The zero-order chi connectivity index (χ0) is 24.4. The van der Waals surface area contributed by atoms with Crippen molar-refractivity contribution >= 4 is 10.9 Å². The van der Waals surface area contributed by atoms with E-state index in [2.05, 4.69) is 81.2 Å². The summed E-state index contributed by atoms with van der Waals surface area (Å²) in [6, 6.07) is 12.7. The van der Waals surface area contributed by atoms with Crippen molar-refractivity contribution in [3.05, 3.63) is 70.0 Å². The first kappa shape index (κ1) is 23.8. The monoisotopic (exact) mass is 457 g/mol. The standard InChI is InChI=1S/C29H35N3O2/c1-8-21-12-13-24-28(20(7)31-32-24)29(21)25-15-27(33-9-2)23(19(6)30-25)16-34-26-14-22(17(3)4)11-10-18(26)5/h10-15,17H,8-9,16H2,1-7H3,(H,31,32). The predicted octanol–water partition coefficient (Wildman–Crippen LogP) is 7.21. The number of ether oxygens (including phenoxy) is 2. The lowest BCUT2D eigenvalue weighted by atomic mass is 9.95. The van der Waals surface area contributed by atoms with Crippen LogP contribution in [-0.2, 0) is 13.0 Å². The highest BCUT2D eigenvalue weighted by Crippen LogP contribution is 2.36. The lowest BCUT2D eigenvalue weighted by molar-refractivity contribution is 0.283. The van der Waals surface area contributed by atoms with Crippen LogP contribution in [0.15, 0.2) is 36.4 Å². The van der Waals surface area contributed by atoms with Gasteiger partial charge < -0.3 is 9.47 Å². The number of benzene rings is 2. The lowest BCUT2D eigenvalue weighted by Crippen LogP contribution is -2.07. The van der Waals surface area contributed by atoms with Gasteiger partial charge in [-0.3, -0.25) is 10.1 Å². The van der Waals surface area contributed by atoms with Crippen LogP contribution in [0.2, 0.25) is 0 Å². The number of hydrogen-bond acceptors (Lipinski definition) is 4. The highest BCUT2D eigenvalue weighted by atomic mass is 16.5. The second-order valence-electron chi connectivity index (χ2n) is 9.17. The van der Waals surface area contributed by atoms with Crippen molar-refractivity contribution in [2.24, 2.45) is 0 Å². The van der Waals surface area contributed by atoms with Gasteiger partial charge in [-0.1, -0.05) is 39.0 Å². The van der Waals surface area contributed by atoms with Crippen molar-refractivity contribution in [2.75, 3.05) is 6.61 Å². The number of nitrogens with zero attached hydrogens (tertiary/aromatic N) is 2. The van der Waals surface area contributed by atoms with Gasteiger partial charge in [-0.05, 0) is 68.9 Å². The molecule has 0 saturated heterocycles. The second kappa shape index (κ2) is 9.88. The van der Waals surface area contributed by atoms with Crippen molar-refractivity contribution in [3.63, 3.8) is 0 Å². The third kappa shape index (κ3) is 4.52. The van der Waals surface area contributed by atoms with Crippen LogP contribution in [0.5, 0.6) is 11.5 Å². The molecule has 0 aliphatic rings. The molecule has 5 heteroatoms. The van der Waals surface area contributed by atoms with Crippen molar-refractivity contribution in [1.82, 2.24) is 15.2 Å². The number of pyridine rings is 1. The van der Waals surface area contributed by atoms with Gasteiger partial charge in [0.25, 0.3) is 0 Å². The van der Waals surface area contributed by atoms with E-state index >= 15 is 0 Å². The largest absolute Gasteiger partial charge is 0.493 e. The van der Waals surface area contributed by atoms with E-state index < -0.39 is 0 Å². The van der Waals surface area contributed by atoms with Crippen LogP contribution in [0.3, 0.4) is 0 Å². The molecule has 0 bridgehead atoms. The SMILES string of the molecule is CCOc1cc(-c2c(CC)ccc3n[nH]c(C)c23)nc(C)c1COc1cc(C(C)C)ccc1C. The van der Waals surface area contributed by atoms with E-state index in [1.54, 1.807) is 0 Å². The topological polar surface area (TPSA) is 60.0 Å². The van der Waals surface area contributed by atoms with Crippen LogP contribution >= 0.6 is 0 Å². The summed E-state index contributed by atoms with van der Waals surface area (Å²) >= 11 is 0. The van der Waals surface area contributed by atoms with Crippen LogP contribution in [0, 0.1) is 20.8 Å². The fourth-order valence-electron chi connectivity index (χ4n) is 4.43. The van der Waals surface area contributed by atoms with E-state index in [9.17, 15) is 0 Å². The summed E-state index contributed by atoms with van der Waals surface area (Å²) in [6.45, 7) is 15.7. The van der Waals surface area contributed by atoms with E-state index in [1.165, 1.54) is 11.1 Å². The summed E-state index contributed by atoms with van der Waals surface area (Å²) in [5, 5.41) is 8.72. The molecule has 1 N–H and O–H groups in total. The lowest BCUT2D eigenvalue weighted by Gasteiger charge is -2.18. The zero-order valence-electron chi connectivity index (χ0n) is 21.4. The molecule has 178 valence electrons. The van der Waals surface area contributed by atoms with Gasteiger partial charge >= 0.3 is 0 Å². The molecule has 4 aromatic rings. The van der Waals surface area contributed by atoms with Gasteiger partial charge in [0.15, 0.2) is 0 Å². The molecular formula is C29H35N3O2. The minimum Gasteiger partial charge on any atom is -0.493 e. The summed E-state index contributed by atoms with van der Waals surface area (Å²) in [4.78, 5) is 5.04. The molecule has 4 rings (SSSR count). The third-order valence-electron chi connectivity index (χ3n) is 6.47. The van der Waals surface area contributed by atoms with E-state index in [0.29, 0.717) is 19.1 Å². The molecule has 0 fully saturated rings. The second-order valence-corrected chi connectivity index (χ2v) is 9.17. The Bertz CT molecular complexity index is 1320. The first-order chi connectivity index (χ1) is 16.3. The fourth-order valence-corrected chi connectivity index (χ4v) is 4.43. The van der Waals surface area contributed by atoms with Crippen molar-refractivity contribution in [3.8, 4) is 22.8 Å². The Labute approximate surface area is 202 Å². The minimum atomic E-state index is 0.409.